The van der Waals surface area contributed by atoms with Gasteiger partial charge in [-0.15, -0.1) is 0 Å². The van der Waals surface area contributed by atoms with E-state index in [1.165, 1.54) is 41.3 Å². The molecule has 114 valence electrons. The van der Waals surface area contributed by atoms with Gasteiger partial charge >= 0.3 is 0 Å². The van der Waals surface area contributed by atoms with Gasteiger partial charge in [-0.1, -0.05) is 60.7 Å². The Morgan fingerprint density at radius 3 is 2.57 bits per heavy atom. The van der Waals surface area contributed by atoms with E-state index in [1.807, 2.05) is 12.3 Å². The van der Waals surface area contributed by atoms with E-state index in [2.05, 4.69) is 71.7 Å². The largest absolute Gasteiger partial charge is 0.261 e. The van der Waals surface area contributed by atoms with Gasteiger partial charge in [-0.25, -0.2) is 0 Å². The number of allylic oxidation sites excluding steroid dienone is 2. The number of rotatable bonds is 3. The second kappa shape index (κ2) is 6.37. The zero-order valence-electron chi connectivity index (χ0n) is 13.2. The molecule has 2 aromatic carbocycles. The smallest absolute Gasteiger partial charge is 0.0484 e. The van der Waals surface area contributed by atoms with Gasteiger partial charge in [0.15, 0.2) is 0 Å². The van der Waals surface area contributed by atoms with Crippen LogP contribution in [0.5, 0.6) is 0 Å². The summed E-state index contributed by atoms with van der Waals surface area (Å²) in [6.07, 6.45) is 10.4. The van der Waals surface area contributed by atoms with Crippen molar-refractivity contribution in [3.05, 3.63) is 90.3 Å². The Labute approximate surface area is 137 Å². The first-order chi connectivity index (χ1) is 11.4. The van der Waals surface area contributed by atoms with Crippen molar-refractivity contribution in [2.24, 2.45) is 5.92 Å². The Hall–Kier alpha value is -2.41. The van der Waals surface area contributed by atoms with Gasteiger partial charge < -0.3 is 0 Å². The third-order valence-corrected chi connectivity index (χ3v) is 4.86. The summed E-state index contributed by atoms with van der Waals surface area (Å²) in [5.74, 6) is 0.886. The molecule has 4 rings (SSSR count). The summed E-state index contributed by atoms with van der Waals surface area (Å²) in [7, 11) is 0. The first-order valence-corrected chi connectivity index (χ1v) is 8.48. The highest BCUT2D eigenvalue weighted by atomic mass is 14.7. The van der Waals surface area contributed by atoms with Crippen LogP contribution in [0.15, 0.2) is 79.0 Å². The molecule has 3 aromatic rings. The zero-order chi connectivity index (χ0) is 15.5. The molecule has 1 aromatic heterocycles. The Bertz CT molecular complexity index is 820. The molecule has 0 amide bonds. The van der Waals surface area contributed by atoms with E-state index in [0.29, 0.717) is 11.8 Å². The summed E-state index contributed by atoms with van der Waals surface area (Å²) in [5.41, 5.74) is 2.55. The normalized spacial score (nSPS) is 18.9. The van der Waals surface area contributed by atoms with Crippen molar-refractivity contribution in [1.29, 1.82) is 0 Å². The fourth-order valence-electron chi connectivity index (χ4n) is 3.71. The molecule has 0 bridgehead atoms. The minimum absolute atomic E-state index is 0.345. The number of pyridine rings is 1. The lowest BCUT2D eigenvalue weighted by Crippen LogP contribution is -2.15. The minimum atomic E-state index is 0.345. The second-order valence-corrected chi connectivity index (χ2v) is 6.36. The third kappa shape index (κ3) is 2.92. The molecule has 0 aliphatic heterocycles. The molecule has 0 unspecified atom stereocenters. The standard InChI is InChI=1S/C22H21N/c1-2-9-18(10-3-1)22(21-12-6-7-15-23-21)20-14-13-17-8-4-5-11-19(17)16-20/h2,4-9,11-16,18,22H,1,3,10H2/t18-,22+/m1/s1. The van der Waals surface area contributed by atoms with Crippen molar-refractivity contribution in [3.63, 3.8) is 0 Å². The van der Waals surface area contributed by atoms with Gasteiger partial charge in [-0.05, 0) is 53.6 Å². The molecular weight excluding hydrogens is 278 g/mol. The van der Waals surface area contributed by atoms with Gasteiger partial charge in [0.1, 0.15) is 0 Å². The average Bonchev–Trinajstić information content (AvgIpc) is 2.64. The van der Waals surface area contributed by atoms with Crippen LogP contribution < -0.4 is 0 Å². The van der Waals surface area contributed by atoms with E-state index < -0.39 is 0 Å². The lowest BCUT2D eigenvalue weighted by Gasteiger charge is -2.27. The summed E-state index contributed by atoms with van der Waals surface area (Å²) in [6, 6.07) is 21.7. The molecule has 1 aliphatic carbocycles. The van der Waals surface area contributed by atoms with Crippen molar-refractivity contribution < 1.29 is 0 Å². The van der Waals surface area contributed by atoms with E-state index in [9.17, 15) is 0 Å². The highest BCUT2D eigenvalue weighted by Gasteiger charge is 2.25. The third-order valence-electron chi connectivity index (χ3n) is 4.86. The first-order valence-electron chi connectivity index (χ1n) is 8.48. The van der Waals surface area contributed by atoms with Gasteiger partial charge in [0, 0.05) is 17.8 Å². The minimum Gasteiger partial charge on any atom is -0.261 e. The van der Waals surface area contributed by atoms with Crippen LogP contribution in [0.2, 0.25) is 0 Å². The van der Waals surface area contributed by atoms with Crippen LogP contribution in [-0.4, -0.2) is 4.98 Å². The zero-order valence-corrected chi connectivity index (χ0v) is 13.2. The Morgan fingerprint density at radius 1 is 0.913 bits per heavy atom. The quantitative estimate of drug-likeness (QED) is 0.563. The highest BCUT2D eigenvalue weighted by Crippen LogP contribution is 2.37. The first kappa shape index (κ1) is 14.2. The lowest BCUT2D eigenvalue weighted by atomic mass is 9.78. The molecule has 23 heavy (non-hydrogen) atoms. The molecule has 1 heterocycles. The Balaban J connectivity index is 1.82. The SMILES string of the molecule is C1=C[C@@H]([C@@H](c2ccc3ccccc3c2)c2ccccn2)CCC1. The van der Waals surface area contributed by atoms with E-state index in [4.69, 9.17) is 0 Å². The molecule has 0 N–H and O–H groups in total. The topological polar surface area (TPSA) is 12.9 Å². The molecule has 1 nitrogen and oxygen atoms in total. The average molecular weight is 299 g/mol. The number of aromatic nitrogens is 1. The van der Waals surface area contributed by atoms with Crippen LogP contribution >= 0.6 is 0 Å². The maximum Gasteiger partial charge on any atom is 0.0484 e. The molecule has 1 aliphatic rings. The van der Waals surface area contributed by atoms with Gasteiger partial charge in [0.05, 0.1) is 0 Å². The Morgan fingerprint density at radius 2 is 1.78 bits per heavy atom. The van der Waals surface area contributed by atoms with E-state index in [1.54, 1.807) is 0 Å². The summed E-state index contributed by atoms with van der Waals surface area (Å²) in [4.78, 5) is 4.68. The monoisotopic (exact) mass is 299 g/mol. The van der Waals surface area contributed by atoms with Crippen molar-refractivity contribution in [2.75, 3.05) is 0 Å². The summed E-state index contributed by atoms with van der Waals surface area (Å²) >= 11 is 0. The fraction of sp³-hybridized carbons (Fsp3) is 0.227. The van der Waals surface area contributed by atoms with Crippen LogP contribution in [0.1, 0.15) is 36.4 Å². The van der Waals surface area contributed by atoms with Crippen LogP contribution in [0.3, 0.4) is 0 Å². The maximum atomic E-state index is 4.68. The van der Waals surface area contributed by atoms with Crippen molar-refractivity contribution in [3.8, 4) is 0 Å². The van der Waals surface area contributed by atoms with Crippen molar-refractivity contribution in [2.45, 2.75) is 25.2 Å². The highest BCUT2D eigenvalue weighted by molar-refractivity contribution is 5.83. The second-order valence-electron chi connectivity index (χ2n) is 6.36. The van der Waals surface area contributed by atoms with E-state index >= 15 is 0 Å². The molecule has 0 radical (unpaired) electrons. The molecule has 0 saturated carbocycles. The van der Waals surface area contributed by atoms with Crippen molar-refractivity contribution >= 4 is 10.8 Å². The predicted molar refractivity (Wildman–Crippen MR) is 96.5 cm³/mol. The molecule has 1 heteroatoms. The van der Waals surface area contributed by atoms with Crippen LogP contribution in [-0.2, 0) is 0 Å². The van der Waals surface area contributed by atoms with Crippen LogP contribution in [0.4, 0.5) is 0 Å². The number of hydrogen-bond acceptors (Lipinski definition) is 1. The summed E-state index contributed by atoms with van der Waals surface area (Å²) in [6.45, 7) is 0. The van der Waals surface area contributed by atoms with Crippen LogP contribution in [0.25, 0.3) is 10.8 Å². The van der Waals surface area contributed by atoms with Crippen molar-refractivity contribution in [1.82, 2.24) is 4.98 Å². The molecule has 2 atom stereocenters. The van der Waals surface area contributed by atoms with Crippen LogP contribution in [0, 0.1) is 5.92 Å². The van der Waals surface area contributed by atoms with E-state index in [-0.39, 0.29) is 0 Å². The van der Waals surface area contributed by atoms with Gasteiger partial charge in [0.25, 0.3) is 0 Å². The summed E-state index contributed by atoms with van der Waals surface area (Å²) < 4.78 is 0. The number of hydrogen-bond donors (Lipinski definition) is 0. The number of benzene rings is 2. The van der Waals surface area contributed by atoms with Gasteiger partial charge in [-0.2, -0.15) is 0 Å². The van der Waals surface area contributed by atoms with Gasteiger partial charge in [0.2, 0.25) is 0 Å². The summed E-state index contributed by atoms with van der Waals surface area (Å²) in [5, 5.41) is 2.61. The predicted octanol–water partition coefficient (Wildman–Crippen LogP) is 5.72. The molecular formula is C22H21N. The molecule has 0 spiro atoms. The Kier molecular flexibility index (Phi) is 3.94. The van der Waals surface area contributed by atoms with E-state index in [0.717, 1.165) is 0 Å². The number of fused-ring (bicyclic) bond motifs is 1. The molecule has 0 fully saturated rings. The molecule has 0 saturated heterocycles. The maximum absolute atomic E-state index is 4.68. The van der Waals surface area contributed by atoms with Gasteiger partial charge in [-0.3, -0.25) is 4.98 Å². The fourth-order valence-corrected chi connectivity index (χ4v) is 3.71. The lowest BCUT2D eigenvalue weighted by molar-refractivity contribution is 0.483. The number of nitrogens with zero attached hydrogens (tertiary/aromatic N) is 1.